The predicted molar refractivity (Wildman–Crippen MR) is 71.4 cm³/mol. The SMILES string of the molecule is CCN(/C=C/C(C)CCCC(C)(C)O)CC. The third-order valence-electron chi connectivity index (χ3n) is 2.89. The van der Waals surface area contributed by atoms with Crippen LogP contribution in [0.1, 0.15) is 53.9 Å². The van der Waals surface area contributed by atoms with Crippen LogP contribution in [0.4, 0.5) is 0 Å². The summed E-state index contributed by atoms with van der Waals surface area (Å²) in [4.78, 5) is 2.30. The van der Waals surface area contributed by atoms with E-state index in [0.717, 1.165) is 32.4 Å². The molecular formula is C14H29NO. The standard InChI is InChI=1S/C14H29NO/c1-6-15(7-2)12-10-13(3)9-8-11-14(4,5)16/h10,12-13,16H,6-9,11H2,1-5H3/b12-10+. The fraction of sp³-hybridized carbons (Fsp3) is 0.857. The van der Waals surface area contributed by atoms with Crippen molar-refractivity contribution in [3.05, 3.63) is 12.3 Å². The molecule has 0 heterocycles. The molecule has 0 aromatic carbocycles. The first-order chi connectivity index (χ1) is 7.39. The van der Waals surface area contributed by atoms with E-state index in [1.54, 1.807) is 0 Å². The molecule has 2 heteroatoms. The second-order valence-electron chi connectivity index (χ2n) is 5.24. The van der Waals surface area contributed by atoms with Gasteiger partial charge in [-0.3, -0.25) is 0 Å². The van der Waals surface area contributed by atoms with E-state index in [9.17, 15) is 5.11 Å². The lowest BCUT2D eigenvalue weighted by Crippen LogP contribution is -2.18. The zero-order valence-corrected chi connectivity index (χ0v) is 11.7. The van der Waals surface area contributed by atoms with Crippen molar-refractivity contribution in [1.82, 2.24) is 4.90 Å². The smallest absolute Gasteiger partial charge is 0.0591 e. The molecule has 0 aliphatic carbocycles. The van der Waals surface area contributed by atoms with Crippen LogP contribution in [-0.2, 0) is 0 Å². The minimum atomic E-state index is -0.512. The molecule has 0 aliphatic rings. The Morgan fingerprint density at radius 2 is 1.81 bits per heavy atom. The molecule has 2 nitrogen and oxygen atoms in total. The molecule has 0 aliphatic heterocycles. The summed E-state index contributed by atoms with van der Waals surface area (Å²) >= 11 is 0. The topological polar surface area (TPSA) is 23.5 Å². The highest BCUT2D eigenvalue weighted by molar-refractivity contribution is 4.86. The van der Waals surface area contributed by atoms with Crippen molar-refractivity contribution >= 4 is 0 Å². The highest BCUT2D eigenvalue weighted by atomic mass is 16.3. The van der Waals surface area contributed by atoms with E-state index in [2.05, 4.69) is 37.9 Å². The van der Waals surface area contributed by atoms with E-state index in [4.69, 9.17) is 0 Å². The fourth-order valence-corrected chi connectivity index (χ4v) is 1.66. The van der Waals surface area contributed by atoms with Crippen molar-refractivity contribution in [3.8, 4) is 0 Å². The summed E-state index contributed by atoms with van der Waals surface area (Å²) < 4.78 is 0. The lowest BCUT2D eigenvalue weighted by molar-refractivity contribution is 0.0675. The highest BCUT2D eigenvalue weighted by Crippen LogP contribution is 2.16. The lowest BCUT2D eigenvalue weighted by Gasteiger charge is -2.18. The van der Waals surface area contributed by atoms with Crippen LogP contribution in [0, 0.1) is 5.92 Å². The first-order valence-corrected chi connectivity index (χ1v) is 6.53. The van der Waals surface area contributed by atoms with Gasteiger partial charge in [-0.25, -0.2) is 0 Å². The first-order valence-electron chi connectivity index (χ1n) is 6.53. The summed E-state index contributed by atoms with van der Waals surface area (Å²) in [5.41, 5.74) is -0.512. The maximum atomic E-state index is 9.60. The highest BCUT2D eigenvalue weighted by Gasteiger charge is 2.11. The fourth-order valence-electron chi connectivity index (χ4n) is 1.66. The van der Waals surface area contributed by atoms with Gasteiger partial charge in [0.15, 0.2) is 0 Å². The number of allylic oxidation sites excluding steroid dienone is 1. The minimum Gasteiger partial charge on any atom is -0.390 e. The normalized spacial score (nSPS) is 14.4. The van der Waals surface area contributed by atoms with Crippen molar-refractivity contribution in [3.63, 3.8) is 0 Å². The van der Waals surface area contributed by atoms with Gasteiger partial charge in [-0.05, 0) is 52.7 Å². The number of hydrogen-bond donors (Lipinski definition) is 1. The zero-order chi connectivity index (χ0) is 12.6. The molecule has 1 N–H and O–H groups in total. The van der Waals surface area contributed by atoms with Crippen molar-refractivity contribution in [2.45, 2.75) is 59.5 Å². The Morgan fingerprint density at radius 3 is 2.25 bits per heavy atom. The Morgan fingerprint density at radius 1 is 1.25 bits per heavy atom. The average molecular weight is 227 g/mol. The molecule has 0 saturated carbocycles. The summed E-state index contributed by atoms with van der Waals surface area (Å²) in [7, 11) is 0. The Labute approximate surface area is 101 Å². The van der Waals surface area contributed by atoms with Crippen molar-refractivity contribution < 1.29 is 5.11 Å². The molecule has 0 saturated heterocycles. The molecule has 96 valence electrons. The first kappa shape index (κ1) is 15.5. The van der Waals surface area contributed by atoms with Gasteiger partial charge < -0.3 is 10.0 Å². The van der Waals surface area contributed by atoms with Gasteiger partial charge in [0.05, 0.1) is 5.60 Å². The second-order valence-corrected chi connectivity index (χ2v) is 5.24. The summed E-state index contributed by atoms with van der Waals surface area (Å²) in [5.74, 6) is 0.600. The van der Waals surface area contributed by atoms with Gasteiger partial charge >= 0.3 is 0 Å². The van der Waals surface area contributed by atoms with Gasteiger partial charge in [-0.15, -0.1) is 0 Å². The van der Waals surface area contributed by atoms with Crippen LogP contribution in [0.25, 0.3) is 0 Å². The summed E-state index contributed by atoms with van der Waals surface area (Å²) in [6, 6.07) is 0. The molecule has 0 aromatic rings. The Bertz CT molecular complexity index is 189. The average Bonchev–Trinajstić information content (AvgIpc) is 2.17. The van der Waals surface area contributed by atoms with Crippen molar-refractivity contribution in [1.29, 1.82) is 0 Å². The van der Waals surface area contributed by atoms with Crippen molar-refractivity contribution in [2.75, 3.05) is 13.1 Å². The largest absolute Gasteiger partial charge is 0.390 e. The molecule has 1 atom stereocenters. The third-order valence-corrected chi connectivity index (χ3v) is 2.89. The number of nitrogens with zero attached hydrogens (tertiary/aromatic N) is 1. The van der Waals surface area contributed by atoms with E-state index in [1.807, 2.05) is 13.8 Å². The Hall–Kier alpha value is -0.500. The maximum absolute atomic E-state index is 9.60. The summed E-state index contributed by atoms with van der Waals surface area (Å²) in [5, 5.41) is 9.60. The molecule has 0 bridgehead atoms. The lowest BCUT2D eigenvalue weighted by atomic mass is 9.97. The van der Waals surface area contributed by atoms with Crippen LogP contribution in [-0.4, -0.2) is 28.7 Å². The van der Waals surface area contributed by atoms with Gasteiger partial charge in [0.2, 0.25) is 0 Å². The molecule has 0 aromatic heterocycles. The quantitative estimate of drug-likeness (QED) is 0.687. The van der Waals surface area contributed by atoms with Crippen molar-refractivity contribution in [2.24, 2.45) is 5.92 Å². The van der Waals surface area contributed by atoms with Crippen LogP contribution in [0.2, 0.25) is 0 Å². The van der Waals surface area contributed by atoms with Crippen LogP contribution in [0.15, 0.2) is 12.3 Å². The van der Waals surface area contributed by atoms with E-state index >= 15 is 0 Å². The molecule has 1 unspecified atom stereocenters. The molecule has 0 radical (unpaired) electrons. The van der Waals surface area contributed by atoms with E-state index in [0.29, 0.717) is 5.92 Å². The van der Waals surface area contributed by atoms with Crippen LogP contribution in [0.3, 0.4) is 0 Å². The number of rotatable bonds is 8. The molecule has 0 spiro atoms. The summed E-state index contributed by atoms with van der Waals surface area (Å²) in [6.45, 7) is 12.5. The molecule has 0 rings (SSSR count). The molecule has 0 amide bonds. The van der Waals surface area contributed by atoms with Crippen LogP contribution in [0.5, 0.6) is 0 Å². The van der Waals surface area contributed by atoms with Gasteiger partial charge in [0.25, 0.3) is 0 Å². The van der Waals surface area contributed by atoms with Gasteiger partial charge in [0, 0.05) is 13.1 Å². The van der Waals surface area contributed by atoms with Gasteiger partial charge in [0.1, 0.15) is 0 Å². The third kappa shape index (κ3) is 8.78. The van der Waals surface area contributed by atoms with E-state index < -0.39 is 5.60 Å². The minimum absolute atomic E-state index is 0.512. The molecule has 0 fully saturated rings. The monoisotopic (exact) mass is 227 g/mol. The van der Waals surface area contributed by atoms with Crippen LogP contribution >= 0.6 is 0 Å². The molecule has 16 heavy (non-hydrogen) atoms. The number of aliphatic hydroxyl groups is 1. The Kier molecular flexibility index (Phi) is 7.48. The molecular weight excluding hydrogens is 198 g/mol. The summed E-state index contributed by atoms with van der Waals surface area (Å²) in [6.07, 6.45) is 7.61. The second kappa shape index (κ2) is 7.72. The van der Waals surface area contributed by atoms with Gasteiger partial charge in [-0.2, -0.15) is 0 Å². The zero-order valence-electron chi connectivity index (χ0n) is 11.7. The van der Waals surface area contributed by atoms with E-state index in [1.165, 1.54) is 0 Å². The Balaban J connectivity index is 3.77. The predicted octanol–water partition coefficient (Wildman–Crippen LogP) is 3.42. The number of hydrogen-bond acceptors (Lipinski definition) is 2. The van der Waals surface area contributed by atoms with Crippen LogP contribution < -0.4 is 0 Å². The maximum Gasteiger partial charge on any atom is 0.0591 e. The van der Waals surface area contributed by atoms with E-state index in [-0.39, 0.29) is 0 Å². The van der Waals surface area contributed by atoms with Gasteiger partial charge in [-0.1, -0.05) is 19.4 Å².